The molecule has 3 rings (SSSR count). The van der Waals surface area contributed by atoms with Crippen LogP contribution in [0.25, 0.3) is 0 Å². The highest BCUT2D eigenvalue weighted by Crippen LogP contribution is 2.46. The Morgan fingerprint density at radius 3 is 2.75 bits per heavy atom. The second kappa shape index (κ2) is 5.74. The predicted molar refractivity (Wildman–Crippen MR) is 82.9 cm³/mol. The van der Waals surface area contributed by atoms with E-state index >= 15 is 0 Å². The Morgan fingerprint density at radius 2 is 2.10 bits per heavy atom. The summed E-state index contributed by atoms with van der Waals surface area (Å²) in [5, 5.41) is 1.20. The van der Waals surface area contributed by atoms with Crippen LogP contribution in [0, 0.1) is 5.92 Å². The van der Waals surface area contributed by atoms with E-state index in [1.54, 1.807) is 0 Å². The molecule has 0 bridgehead atoms. The molecule has 0 aliphatic heterocycles. The molecule has 20 heavy (non-hydrogen) atoms. The molecule has 2 N–H and O–H groups in total. The Kier molecular flexibility index (Phi) is 4.16. The Balaban J connectivity index is 1.92. The summed E-state index contributed by atoms with van der Waals surface area (Å²) in [7, 11) is 0. The average Bonchev–Trinajstić information content (AvgIpc) is 2.88. The van der Waals surface area contributed by atoms with Crippen molar-refractivity contribution in [1.82, 2.24) is 4.98 Å². The number of hydrogen-bond donors (Lipinski definition) is 1. The van der Waals surface area contributed by atoms with Gasteiger partial charge < -0.3 is 10.5 Å². The smallest absolute Gasteiger partial charge is 0.125 e. The Labute approximate surface area is 125 Å². The summed E-state index contributed by atoms with van der Waals surface area (Å²) in [5.41, 5.74) is 7.39. The Morgan fingerprint density at radius 1 is 1.35 bits per heavy atom. The Hall–Kier alpha value is -0.450. The zero-order valence-electron chi connectivity index (χ0n) is 12.7. The van der Waals surface area contributed by atoms with Crippen molar-refractivity contribution in [1.29, 1.82) is 0 Å². The van der Waals surface area contributed by atoms with Crippen LogP contribution >= 0.6 is 11.3 Å². The van der Waals surface area contributed by atoms with E-state index < -0.39 is 0 Å². The molecule has 1 atom stereocenters. The molecule has 3 nitrogen and oxygen atoms in total. The van der Waals surface area contributed by atoms with Crippen LogP contribution < -0.4 is 5.73 Å². The van der Waals surface area contributed by atoms with Crippen molar-refractivity contribution in [3.8, 4) is 0 Å². The van der Waals surface area contributed by atoms with Gasteiger partial charge in [-0.1, -0.05) is 6.92 Å². The number of nitrogens with zero attached hydrogens (tertiary/aromatic N) is 1. The van der Waals surface area contributed by atoms with Gasteiger partial charge in [-0.3, -0.25) is 0 Å². The summed E-state index contributed by atoms with van der Waals surface area (Å²) in [5.74, 6) is 0.820. The lowest BCUT2D eigenvalue weighted by molar-refractivity contribution is -0.0777. The lowest BCUT2D eigenvalue weighted by Crippen LogP contribution is -2.34. The first-order valence-electron chi connectivity index (χ1n) is 8.04. The van der Waals surface area contributed by atoms with E-state index in [-0.39, 0.29) is 11.6 Å². The fraction of sp³-hybridized carbons (Fsp3) is 0.812. The maximum atomic E-state index is 6.26. The highest BCUT2D eigenvalue weighted by molar-refractivity contribution is 7.12. The zero-order chi connectivity index (χ0) is 14.2. The zero-order valence-corrected chi connectivity index (χ0v) is 13.5. The number of aromatic nitrogens is 1. The molecule has 1 aromatic rings. The largest absolute Gasteiger partial charge is 0.368 e. The lowest BCUT2D eigenvalue weighted by Gasteiger charge is -2.37. The molecule has 0 saturated heterocycles. The van der Waals surface area contributed by atoms with Gasteiger partial charge in [0.05, 0.1) is 5.69 Å². The molecule has 112 valence electrons. The molecule has 4 heteroatoms. The maximum absolute atomic E-state index is 6.26. The fourth-order valence-electron chi connectivity index (χ4n) is 3.57. The van der Waals surface area contributed by atoms with Crippen LogP contribution in [-0.2, 0) is 16.8 Å². The predicted octanol–water partition coefficient (Wildman–Crippen LogP) is 3.92. The maximum Gasteiger partial charge on any atom is 0.125 e. The van der Waals surface area contributed by atoms with Gasteiger partial charge in [-0.25, -0.2) is 4.98 Å². The summed E-state index contributed by atoms with van der Waals surface area (Å²) in [6, 6.07) is 0.200. The van der Waals surface area contributed by atoms with Gasteiger partial charge in [0, 0.05) is 17.5 Å². The van der Waals surface area contributed by atoms with E-state index in [1.165, 1.54) is 34.8 Å². The third-order valence-electron chi connectivity index (χ3n) is 4.89. The minimum Gasteiger partial charge on any atom is -0.368 e. The molecule has 2 aliphatic rings. The molecule has 0 amide bonds. The van der Waals surface area contributed by atoms with Crippen molar-refractivity contribution in [2.45, 2.75) is 70.4 Å². The first kappa shape index (κ1) is 14.5. The molecule has 1 fully saturated rings. The van der Waals surface area contributed by atoms with Gasteiger partial charge in [0.1, 0.15) is 10.6 Å². The van der Waals surface area contributed by atoms with Gasteiger partial charge in [-0.2, -0.15) is 0 Å². The second-order valence-corrected chi connectivity index (χ2v) is 7.47. The van der Waals surface area contributed by atoms with Crippen LogP contribution in [0.5, 0.6) is 0 Å². The van der Waals surface area contributed by atoms with Gasteiger partial charge in [0.2, 0.25) is 0 Å². The minimum absolute atomic E-state index is 0.122. The molecule has 1 aromatic heterocycles. The monoisotopic (exact) mass is 294 g/mol. The first-order chi connectivity index (χ1) is 9.64. The van der Waals surface area contributed by atoms with E-state index in [0.717, 1.165) is 38.2 Å². The summed E-state index contributed by atoms with van der Waals surface area (Å²) >= 11 is 1.83. The van der Waals surface area contributed by atoms with Crippen LogP contribution in [0.2, 0.25) is 0 Å². The Bertz CT molecular complexity index is 463. The normalized spacial score (nSPS) is 34.0. The third-order valence-corrected chi connectivity index (χ3v) is 6.30. The van der Waals surface area contributed by atoms with Crippen LogP contribution in [0.15, 0.2) is 0 Å². The van der Waals surface area contributed by atoms with Crippen LogP contribution in [0.4, 0.5) is 0 Å². The molecule has 1 saturated carbocycles. The molecular formula is C16H26N2OS. The SMILES string of the molecule is CCOC1(c2nc3c(s2)C(N)CCC3)CCC(C)CC1. The van der Waals surface area contributed by atoms with Crippen molar-refractivity contribution >= 4 is 11.3 Å². The highest BCUT2D eigenvalue weighted by atomic mass is 32.1. The van der Waals surface area contributed by atoms with Gasteiger partial charge in [0.15, 0.2) is 0 Å². The van der Waals surface area contributed by atoms with Crippen LogP contribution in [0.3, 0.4) is 0 Å². The number of aryl methyl sites for hydroxylation is 1. The van der Waals surface area contributed by atoms with E-state index in [0.29, 0.717) is 0 Å². The van der Waals surface area contributed by atoms with Crippen LogP contribution in [-0.4, -0.2) is 11.6 Å². The summed E-state index contributed by atoms with van der Waals surface area (Å²) < 4.78 is 6.22. The van der Waals surface area contributed by atoms with Gasteiger partial charge in [-0.15, -0.1) is 11.3 Å². The number of fused-ring (bicyclic) bond motifs is 1. The van der Waals surface area contributed by atoms with Crippen molar-refractivity contribution in [3.63, 3.8) is 0 Å². The molecular weight excluding hydrogens is 268 g/mol. The number of nitrogens with two attached hydrogens (primary N) is 1. The summed E-state index contributed by atoms with van der Waals surface area (Å²) in [4.78, 5) is 6.28. The van der Waals surface area contributed by atoms with Gasteiger partial charge >= 0.3 is 0 Å². The number of hydrogen-bond acceptors (Lipinski definition) is 4. The third kappa shape index (κ3) is 2.53. The van der Waals surface area contributed by atoms with E-state index in [2.05, 4.69) is 13.8 Å². The number of ether oxygens (including phenoxy) is 1. The minimum atomic E-state index is -0.122. The van der Waals surface area contributed by atoms with Crippen molar-refractivity contribution in [2.24, 2.45) is 11.7 Å². The molecule has 0 radical (unpaired) electrons. The molecule has 0 aromatic carbocycles. The van der Waals surface area contributed by atoms with Gasteiger partial charge in [-0.05, 0) is 57.8 Å². The van der Waals surface area contributed by atoms with E-state index in [4.69, 9.17) is 15.5 Å². The summed E-state index contributed by atoms with van der Waals surface area (Å²) in [6.07, 6.45) is 8.10. The molecule has 1 unspecified atom stereocenters. The topological polar surface area (TPSA) is 48.1 Å². The average molecular weight is 294 g/mol. The van der Waals surface area contributed by atoms with Crippen molar-refractivity contribution in [3.05, 3.63) is 15.6 Å². The quantitative estimate of drug-likeness (QED) is 0.919. The van der Waals surface area contributed by atoms with Crippen molar-refractivity contribution in [2.75, 3.05) is 6.61 Å². The van der Waals surface area contributed by atoms with Crippen molar-refractivity contribution < 1.29 is 4.74 Å². The van der Waals surface area contributed by atoms with Gasteiger partial charge in [0.25, 0.3) is 0 Å². The molecule has 2 aliphatic carbocycles. The van der Waals surface area contributed by atoms with Crippen LogP contribution in [0.1, 0.15) is 74.0 Å². The first-order valence-corrected chi connectivity index (χ1v) is 8.86. The highest BCUT2D eigenvalue weighted by Gasteiger charge is 2.40. The fourth-order valence-corrected chi connectivity index (χ4v) is 4.92. The van der Waals surface area contributed by atoms with E-state index in [1.807, 2.05) is 11.3 Å². The number of thiazole rings is 1. The standard InChI is InChI=1S/C16H26N2OS/c1-3-19-16(9-7-11(2)8-10-16)15-18-13-6-4-5-12(17)14(13)20-15/h11-12H,3-10,17H2,1-2H3. The molecule has 0 spiro atoms. The van der Waals surface area contributed by atoms with E-state index in [9.17, 15) is 0 Å². The molecule has 1 heterocycles. The number of rotatable bonds is 3. The second-order valence-electron chi connectivity index (χ2n) is 6.44. The summed E-state index contributed by atoms with van der Waals surface area (Å²) in [6.45, 7) is 5.21. The lowest BCUT2D eigenvalue weighted by atomic mass is 9.79.